The minimum atomic E-state index is -0.504. The van der Waals surface area contributed by atoms with Gasteiger partial charge in [-0.3, -0.25) is 15.3 Å². The van der Waals surface area contributed by atoms with Crippen molar-refractivity contribution in [2.45, 2.75) is 6.54 Å². The van der Waals surface area contributed by atoms with E-state index in [0.717, 1.165) is 5.56 Å². The lowest BCUT2D eigenvalue weighted by Crippen LogP contribution is -2.20. The molecule has 0 atom stereocenters. The van der Waals surface area contributed by atoms with Crippen LogP contribution in [0.1, 0.15) is 0 Å². The van der Waals surface area contributed by atoms with Gasteiger partial charge in [0.2, 0.25) is 0 Å². The molecule has 8 nitrogen and oxygen atoms in total. The molecular formula is C15H14ClN5O3. The number of anilines is 2. The Bertz CT molecular complexity index is 845. The summed E-state index contributed by atoms with van der Waals surface area (Å²) < 4.78 is 6.71. The Balaban J connectivity index is 1.62. The number of halogens is 1. The van der Waals surface area contributed by atoms with Gasteiger partial charge < -0.3 is 9.63 Å². The molecular weight excluding hydrogens is 334 g/mol. The first-order chi connectivity index (χ1) is 11.6. The number of aliphatic hydroxyl groups excluding tert-OH is 1. The van der Waals surface area contributed by atoms with Gasteiger partial charge in [0.05, 0.1) is 13.2 Å². The van der Waals surface area contributed by atoms with Crippen LogP contribution >= 0.6 is 11.6 Å². The Hall–Kier alpha value is -2.84. The number of carbonyl (C=O) groups excluding carboxylic acids is 1. The quantitative estimate of drug-likeness (QED) is 0.658. The lowest BCUT2D eigenvalue weighted by atomic mass is 10.2. The Kier molecular flexibility index (Phi) is 4.78. The molecule has 0 unspecified atom stereocenters. The summed E-state index contributed by atoms with van der Waals surface area (Å²) in [4.78, 5) is 11.9. The number of rotatable bonds is 5. The zero-order valence-corrected chi connectivity index (χ0v) is 13.2. The number of aliphatic hydroxyl groups is 1. The van der Waals surface area contributed by atoms with Gasteiger partial charge in [0.25, 0.3) is 0 Å². The summed E-state index contributed by atoms with van der Waals surface area (Å²) in [5, 5.41) is 22.4. The molecule has 124 valence electrons. The Morgan fingerprint density at radius 1 is 1.25 bits per heavy atom. The maximum atomic E-state index is 11.9. The van der Waals surface area contributed by atoms with Gasteiger partial charge in [0.1, 0.15) is 0 Å². The van der Waals surface area contributed by atoms with E-state index < -0.39 is 6.03 Å². The predicted molar refractivity (Wildman–Crippen MR) is 88.9 cm³/mol. The number of nitrogens with zero attached hydrogens (tertiary/aromatic N) is 3. The largest absolute Gasteiger partial charge is 0.394 e. The number of nitrogens with one attached hydrogen (secondary N) is 2. The average Bonchev–Trinajstić information content (AvgIpc) is 3.17. The number of benzene rings is 1. The lowest BCUT2D eigenvalue weighted by molar-refractivity contribution is 0.261. The van der Waals surface area contributed by atoms with Crippen LogP contribution in [0, 0.1) is 0 Å². The van der Waals surface area contributed by atoms with Gasteiger partial charge in [-0.05, 0) is 12.1 Å². The topological polar surface area (TPSA) is 105 Å². The second kappa shape index (κ2) is 7.16. The molecule has 0 fully saturated rings. The molecule has 9 heteroatoms. The second-order valence-electron chi connectivity index (χ2n) is 4.85. The number of hydrogen-bond acceptors (Lipinski definition) is 5. The van der Waals surface area contributed by atoms with E-state index in [4.69, 9.17) is 21.2 Å². The van der Waals surface area contributed by atoms with Crippen LogP contribution in [0.5, 0.6) is 0 Å². The SMILES string of the molecule is O=C(Nc1cc(-c2cccc(Cl)c2)on1)Nc1ccn(CCO)n1. The van der Waals surface area contributed by atoms with Crippen LogP contribution in [0.15, 0.2) is 47.1 Å². The van der Waals surface area contributed by atoms with Gasteiger partial charge in [-0.25, -0.2) is 4.79 Å². The molecule has 0 aliphatic heterocycles. The Labute approximate surface area is 142 Å². The molecule has 0 saturated carbocycles. The van der Waals surface area contributed by atoms with Crippen LogP contribution in [0.3, 0.4) is 0 Å². The third-order valence-corrected chi connectivity index (χ3v) is 3.31. The summed E-state index contributed by atoms with van der Waals surface area (Å²) in [5.74, 6) is 1.11. The van der Waals surface area contributed by atoms with Gasteiger partial charge in [0.15, 0.2) is 17.4 Å². The fraction of sp³-hybridized carbons (Fsp3) is 0.133. The van der Waals surface area contributed by atoms with Gasteiger partial charge in [-0.15, -0.1) is 0 Å². The lowest BCUT2D eigenvalue weighted by Gasteiger charge is -2.01. The van der Waals surface area contributed by atoms with E-state index in [1.54, 1.807) is 36.5 Å². The van der Waals surface area contributed by atoms with E-state index in [9.17, 15) is 4.79 Å². The standard InChI is InChI=1S/C15H14ClN5O3/c16-11-3-1-2-10(8-11)12-9-14(20-24-12)18-15(23)17-13-4-5-21(19-13)6-7-22/h1-5,8-9,22H,6-7H2,(H2,17,18,19,20,23). The van der Waals surface area contributed by atoms with Crippen molar-refractivity contribution in [2.24, 2.45) is 0 Å². The van der Waals surface area contributed by atoms with Crippen LogP contribution in [0.25, 0.3) is 11.3 Å². The van der Waals surface area contributed by atoms with Crippen molar-refractivity contribution in [3.05, 3.63) is 47.6 Å². The molecule has 3 aromatic rings. The number of carbonyl (C=O) groups is 1. The molecule has 2 aromatic heterocycles. The molecule has 24 heavy (non-hydrogen) atoms. The maximum absolute atomic E-state index is 11.9. The van der Waals surface area contributed by atoms with E-state index in [0.29, 0.717) is 23.1 Å². The van der Waals surface area contributed by atoms with Crippen molar-refractivity contribution in [1.82, 2.24) is 14.9 Å². The van der Waals surface area contributed by atoms with Crippen LogP contribution in [0.2, 0.25) is 5.02 Å². The van der Waals surface area contributed by atoms with Crippen molar-refractivity contribution < 1.29 is 14.4 Å². The van der Waals surface area contributed by atoms with Gasteiger partial charge in [0, 0.05) is 28.9 Å². The van der Waals surface area contributed by atoms with Crippen molar-refractivity contribution >= 4 is 29.3 Å². The summed E-state index contributed by atoms with van der Waals surface area (Å²) in [6.07, 6.45) is 1.65. The van der Waals surface area contributed by atoms with Crippen LogP contribution in [0.4, 0.5) is 16.4 Å². The Morgan fingerprint density at radius 2 is 2.08 bits per heavy atom. The van der Waals surface area contributed by atoms with Crippen LogP contribution in [-0.2, 0) is 6.54 Å². The molecule has 0 bridgehead atoms. The molecule has 0 saturated heterocycles. The van der Waals surface area contributed by atoms with Gasteiger partial charge >= 0.3 is 6.03 Å². The number of urea groups is 1. The van der Waals surface area contributed by atoms with E-state index in [1.807, 2.05) is 6.07 Å². The fourth-order valence-electron chi connectivity index (χ4n) is 2.03. The summed E-state index contributed by atoms with van der Waals surface area (Å²) in [5.41, 5.74) is 0.756. The summed E-state index contributed by atoms with van der Waals surface area (Å²) in [6, 6.07) is 9.82. The molecule has 0 aliphatic rings. The van der Waals surface area contributed by atoms with Crippen molar-refractivity contribution in [1.29, 1.82) is 0 Å². The van der Waals surface area contributed by atoms with Crippen molar-refractivity contribution in [2.75, 3.05) is 17.2 Å². The third-order valence-electron chi connectivity index (χ3n) is 3.07. The van der Waals surface area contributed by atoms with Crippen molar-refractivity contribution in [3.63, 3.8) is 0 Å². The Morgan fingerprint density at radius 3 is 2.88 bits per heavy atom. The summed E-state index contributed by atoms with van der Waals surface area (Å²) in [6.45, 7) is 0.327. The highest BCUT2D eigenvalue weighted by atomic mass is 35.5. The first-order valence-electron chi connectivity index (χ1n) is 7.09. The van der Waals surface area contributed by atoms with Crippen LogP contribution in [-0.4, -0.2) is 32.7 Å². The minimum absolute atomic E-state index is 0.0292. The van der Waals surface area contributed by atoms with Gasteiger partial charge in [-0.1, -0.05) is 28.9 Å². The monoisotopic (exact) mass is 347 g/mol. The molecule has 0 aliphatic carbocycles. The van der Waals surface area contributed by atoms with Gasteiger partial charge in [-0.2, -0.15) is 5.10 Å². The maximum Gasteiger partial charge on any atom is 0.326 e. The highest BCUT2D eigenvalue weighted by Gasteiger charge is 2.11. The van der Waals surface area contributed by atoms with E-state index in [1.165, 1.54) is 4.68 Å². The second-order valence-corrected chi connectivity index (χ2v) is 5.29. The molecule has 0 radical (unpaired) electrons. The summed E-state index contributed by atoms with van der Waals surface area (Å²) >= 11 is 5.93. The van der Waals surface area contributed by atoms with Crippen molar-refractivity contribution in [3.8, 4) is 11.3 Å². The minimum Gasteiger partial charge on any atom is -0.394 e. The molecule has 1 aromatic carbocycles. The highest BCUT2D eigenvalue weighted by molar-refractivity contribution is 6.30. The highest BCUT2D eigenvalue weighted by Crippen LogP contribution is 2.24. The molecule has 2 amide bonds. The number of hydrogen-bond donors (Lipinski definition) is 3. The van der Waals surface area contributed by atoms with E-state index in [2.05, 4.69) is 20.9 Å². The normalized spacial score (nSPS) is 10.6. The number of aromatic nitrogens is 3. The first-order valence-corrected chi connectivity index (χ1v) is 7.47. The average molecular weight is 348 g/mol. The molecule has 2 heterocycles. The van der Waals surface area contributed by atoms with E-state index >= 15 is 0 Å². The zero-order chi connectivity index (χ0) is 16.9. The summed E-state index contributed by atoms with van der Waals surface area (Å²) in [7, 11) is 0. The molecule has 3 rings (SSSR count). The van der Waals surface area contributed by atoms with Crippen LogP contribution < -0.4 is 10.6 Å². The van der Waals surface area contributed by atoms with E-state index in [-0.39, 0.29) is 12.4 Å². The predicted octanol–water partition coefficient (Wildman–Crippen LogP) is 2.83. The molecule has 0 spiro atoms. The first kappa shape index (κ1) is 16.0. The zero-order valence-electron chi connectivity index (χ0n) is 12.4. The third kappa shape index (κ3) is 3.92. The fourth-order valence-corrected chi connectivity index (χ4v) is 2.22. The number of amides is 2. The smallest absolute Gasteiger partial charge is 0.326 e. The molecule has 3 N–H and O–H groups in total.